The van der Waals surface area contributed by atoms with Crippen LogP contribution in [-0.2, 0) is 15.6 Å². The van der Waals surface area contributed by atoms with Crippen LogP contribution in [0.3, 0.4) is 0 Å². The lowest BCUT2D eigenvalue weighted by Gasteiger charge is -2.26. The monoisotopic (exact) mass is 231 g/mol. The second-order valence-corrected chi connectivity index (χ2v) is 6.80. The number of hydrogen-bond donors (Lipinski definition) is 1. The molecule has 1 aromatic rings. The minimum Gasteiger partial charge on any atom is -0.316 e. The van der Waals surface area contributed by atoms with Crippen molar-refractivity contribution in [2.24, 2.45) is 5.92 Å². The second-order valence-electron chi connectivity index (χ2n) is 3.66. The molecule has 0 radical (unpaired) electrons. The zero-order valence-corrected chi connectivity index (χ0v) is 9.40. The molecule has 2 rings (SSSR count). The predicted octanol–water partition coefficient (Wildman–Crippen LogP) is 0.882. The number of hydrogen-bond acceptors (Lipinski definition) is 4. The van der Waals surface area contributed by atoms with E-state index in [9.17, 15) is 8.42 Å². The molecule has 1 fully saturated rings. The second kappa shape index (κ2) is 4.00. The lowest BCUT2D eigenvalue weighted by molar-refractivity contribution is 0.378. The van der Waals surface area contributed by atoms with Gasteiger partial charge in [0.1, 0.15) is 0 Å². The maximum atomic E-state index is 11.7. The van der Waals surface area contributed by atoms with Gasteiger partial charge in [-0.2, -0.15) is 0 Å². The topological polar surface area (TPSA) is 46.2 Å². The summed E-state index contributed by atoms with van der Waals surface area (Å²) in [5.41, 5.74) is 0. The van der Waals surface area contributed by atoms with E-state index in [0.717, 1.165) is 18.0 Å². The molecule has 1 aliphatic heterocycles. The fourth-order valence-corrected chi connectivity index (χ4v) is 4.40. The van der Waals surface area contributed by atoms with Crippen molar-refractivity contribution in [1.82, 2.24) is 5.32 Å². The van der Waals surface area contributed by atoms with Gasteiger partial charge in [-0.1, -0.05) is 6.07 Å². The van der Waals surface area contributed by atoms with Gasteiger partial charge in [-0.3, -0.25) is 0 Å². The van der Waals surface area contributed by atoms with Gasteiger partial charge in [0.25, 0.3) is 0 Å². The molecule has 0 aliphatic carbocycles. The lowest BCUT2D eigenvalue weighted by atomic mass is 10.1. The standard InChI is InChI=1S/C9H13NO2S2/c11-14(12,6-8-4-10-5-8)7-9-2-1-3-13-9/h1-3,8,10H,4-7H2. The molecule has 0 saturated carbocycles. The summed E-state index contributed by atoms with van der Waals surface area (Å²) < 4.78 is 23.4. The summed E-state index contributed by atoms with van der Waals surface area (Å²) >= 11 is 1.51. The molecule has 0 bridgehead atoms. The Labute approximate surface area is 88.1 Å². The Morgan fingerprint density at radius 1 is 1.50 bits per heavy atom. The molecule has 14 heavy (non-hydrogen) atoms. The highest BCUT2D eigenvalue weighted by atomic mass is 32.2. The van der Waals surface area contributed by atoms with Crippen molar-refractivity contribution in [1.29, 1.82) is 0 Å². The van der Waals surface area contributed by atoms with E-state index in [-0.39, 0.29) is 5.75 Å². The number of thiophene rings is 1. The maximum Gasteiger partial charge on any atom is 0.155 e. The van der Waals surface area contributed by atoms with E-state index in [0.29, 0.717) is 11.7 Å². The number of rotatable bonds is 4. The number of nitrogens with one attached hydrogen (secondary N) is 1. The van der Waals surface area contributed by atoms with E-state index in [4.69, 9.17) is 0 Å². The zero-order valence-electron chi connectivity index (χ0n) is 7.77. The molecule has 1 aromatic heterocycles. The minimum absolute atomic E-state index is 0.209. The van der Waals surface area contributed by atoms with Crippen LogP contribution in [0.1, 0.15) is 4.88 Å². The first-order valence-electron chi connectivity index (χ1n) is 4.59. The van der Waals surface area contributed by atoms with E-state index in [1.165, 1.54) is 11.3 Å². The van der Waals surface area contributed by atoms with Crippen LogP contribution < -0.4 is 5.32 Å². The van der Waals surface area contributed by atoms with Gasteiger partial charge in [-0.15, -0.1) is 11.3 Å². The third kappa shape index (κ3) is 2.56. The Morgan fingerprint density at radius 3 is 2.79 bits per heavy atom. The van der Waals surface area contributed by atoms with Crippen LogP contribution in [0.4, 0.5) is 0 Å². The van der Waals surface area contributed by atoms with E-state index >= 15 is 0 Å². The maximum absolute atomic E-state index is 11.7. The molecule has 0 spiro atoms. The molecule has 1 saturated heterocycles. The van der Waals surface area contributed by atoms with E-state index in [1.54, 1.807) is 0 Å². The Morgan fingerprint density at radius 2 is 2.29 bits per heavy atom. The van der Waals surface area contributed by atoms with Crippen molar-refractivity contribution < 1.29 is 8.42 Å². The molecule has 5 heteroatoms. The Kier molecular flexibility index (Phi) is 2.90. The third-order valence-corrected chi connectivity index (χ3v) is 5.09. The number of sulfone groups is 1. The summed E-state index contributed by atoms with van der Waals surface area (Å²) in [5.74, 6) is 0.874. The van der Waals surface area contributed by atoms with Crippen LogP contribution in [-0.4, -0.2) is 27.3 Å². The van der Waals surface area contributed by atoms with Gasteiger partial charge in [-0.05, 0) is 17.4 Å². The first-order chi connectivity index (χ1) is 6.66. The highest BCUT2D eigenvalue weighted by Crippen LogP contribution is 2.16. The van der Waals surface area contributed by atoms with Crippen LogP contribution in [0.25, 0.3) is 0 Å². The highest BCUT2D eigenvalue weighted by molar-refractivity contribution is 7.90. The molecule has 1 aliphatic rings. The van der Waals surface area contributed by atoms with Gasteiger partial charge in [-0.25, -0.2) is 8.42 Å². The average Bonchev–Trinajstić information content (AvgIpc) is 2.49. The Bertz CT molecular complexity index is 379. The van der Waals surface area contributed by atoms with Gasteiger partial charge in [0, 0.05) is 18.0 Å². The van der Waals surface area contributed by atoms with Crippen molar-refractivity contribution in [3.05, 3.63) is 22.4 Å². The van der Waals surface area contributed by atoms with Crippen molar-refractivity contribution in [2.75, 3.05) is 18.8 Å². The fourth-order valence-electron chi connectivity index (χ4n) is 1.50. The molecule has 3 nitrogen and oxygen atoms in total. The summed E-state index contributed by atoms with van der Waals surface area (Å²) in [6.45, 7) is 1.70. The normalized spacial score (nSPS) is 18.0. The summed E-state index contributed by atoms with van der Waals surface area (Å²) in [6.07, 6.45) is 0. The minimum atomic E-state index is -2.89. The molecule has 0 amide bonds. The molecule has 1 N–H and O–H groups in total. The van der Waals surface area contributed by atoms with Crippen molar-refractivity contribution in [3.63, 3.8) is 0 Å². The van der Waals surface area contributed by atoms with Crippen molar-refractivity contribution >= 4 is 21.2 Å². The molecular weight excluding hydrogens is 218 g/mol. The van der Waals surface area contributed by atoms with Crippen LogP contribution in [0.5, 0.6) is 0 Å². The predicted molar refractivity (Wildman–Crippen MR) is 58.2 cm³/mol. The zero-order chi connectivity index (χ0) is 10.0. The van der Waals surface area contributed by atoms with E-state index < -0.39 is 9.84 Å². The largest absolute Gasteiger partial charge is 0.316 e. The van der Waals surface area contributed by atoms with Crippen LogP contribution in [0, 0.1) is 5.92 Å². The molecule has 2 heterocycles. The van der Waals surface area contributed by atoms with Crippen LogP contribution in [0.2, 0.25) is 0 Å². The highest BCUT2D eigenvalue weighted by Gasteiger charge is 2.24. The molecule has 0 unspecified atom stereocenters. The molecule has 78 valence electrons. The molecule has 0 atom stereocenters. The lowest BCUT2D eigenvalue weighted by Crippen LogP contribution is -2.45. The quantitative estimate of drug-likeness (QED) is 0.837. The third-order valence-electron chi connectivity index (χ3n) is 2.30. The summed E-state index contributed by atoms with van der Waals surface area (Å²) in [5, 5.41) is 4.99. The summed E-state index contributed by atoms with van der Waals surface area (Å²) in [7, 11) is -2.89. The van der Waals surface area contributed by atoms with Crippen LogP contribution >= 0.6 is 11.3 Å². The van der Waals surface area contributed by atoms with E-state index in [2.05, 4.69) is 5.32 Å². The average molecular weight is 231 g/mol. The fraction of sp³-hybridized carbons (Fsp3) is 0.556. The van der Waals surface area contributed by atoms with Gasteiger partial charge >= 0.3 is 0 Å². The summed E-state index contributed by atoms with van der Waals surface area (Å²) in [4.78, 5) is 0.942. The molecular formula is C9H13NO2S2. The Hall–Kier alpha value is -0.390. The first-order valence-corrected chi connectivity index (χ1v) is 7.29. The van der Waals surface area contributed by atoms with Gasteiger partial charge in [0.15, 0.2) is 9.84 Å². The van der Waals surface area contributed by atoms with Gasteiger partial charge in [0.05, 0.1) is 11.5 Å². The van der Waals surface area contributed by atoms with Crippen molar-refractivity contribution in [3.8, 4) is 0 Å². The van der Waals surface area contributed by atoms with Crippen molar-refractivity contribution in [2.45, 2.75) is 5.75 Å². The first kappa shape index (κ1) is 10.1. The SMILES string of the molecule is O=S(=O)(Cc1cccs1)CC1CNC1. The van der Waals surface area contributed by atoms with E-state index in [1.807, 2.05) is 17.5 Å². The van der Waals surface area contributed by atoms with Gasteiger partial charge in [0.2, 0.25) is 0 Å². The smallest absolute Gasteiger partial charge is 0.155 e. The Balaban J connectivity index is 1.95. The van der Waals surface area contributed by atoms with Crippen LogP contribution in [0.15, 0.2) is 17.5 Å². The van der Waals surface area contributed by atoms with Gasteiger partial charge < -0.3 is 5.32 Å². The summed E-state index contributed by atoms with van der Waals surface area (Å²) in [6, 6.07) is 3.77. The molecule has 0 aromatic carbocycles.